The summed E-state index contributed by atoms with van der Waals surface area (Å²) in [6, 6.07) is 5.23. The van der Waals surface area contributed by atoms with Gasteiger partial charge in [0.25, 0.3) is 5.56 Å². The van der Waals surface area contributed by atoms with E-state index in [1.54, 1.807) is 30.2 Å². The quantitative estimate of drug-likeness (QED) is 0.632. The molecule has 3 heterocycles. The van der Waals surface area contributed by atoms with E-state index in [1.165, 1.54) is 22.7 Å². The number of piperidine rings is 1. The Kier molecular flexibility index (Phi) is 5.15. The van der Waals surface area contributed by atoms with E-state index >= 15 is 0 Å². The lowest BCUT2D eigenvalue weighted by molar-refractivity contribution is -0.132. The van der Waals surface area contributed by atoms with Gasteiger partial charge in [0.15, 0.2) is 22.7 Å². The lowest BCUT2D eigenvalue weighted by atomic mass is 10.1. The average molecular weight is 398 g/mol. The first-order chi connectivity index (χ1) is 14.1. The van der Waals surface area contributed by atoms with Crippen molar-refractivity contribution >= 4 is 17.1 Å². The third-order valence-corrected chi connectivity index (χ3v) is 5.06. The molecule has 1 amide bonds. The van der Waals surface area contributed by atoms with Crippen LogP contribution in [0.5, 0.6) is 11.5 Å². The molecule has 2 aromatic heterocycles. The number of nitrogens with zero attached hydrogens (tertiary/aromatic N) is 6. The summed E-state index contributed by atoms with van der Waals surface area (Å²) in [5.41, 5.74) is 0.642. The predicted molar refractivity (Wildman–Crippen MR) is 104 cm³/mol. The van der Waals surface area contributed by atoms with Gasteiger partial charge in [-0.05, 0) is 31.4 Å². The van der Waals surface area contributed by atoms with Gasteiger partial charge in [-0.15, -0.1) is 5.10 Å². The number of hydrogen-bond donors (Lipinski definition) is 0. The first-order valence-corrected chi connectivity index (χ1v) is 9.43. The molecule has 10 heteroatoms. The zero-order chi connectivity index (χ0) is 20.4. The monoisotopic (exact) mass is 398 g/mol. The first-order valence-electron chi connectivity index (χ1n) is 9.43. The van der Waals surface area contributed by atoms with Gasteiger partial charge in [0, 0.05) is 19.2 Å². The van der Waals surface area contributed by atoms with Gasteiger partial charge < -0.3 is 14.4 Å². The molecule has 0 N–H and O–H groups in total. The molecule has 0 unspecified atom stereocenters. The summed E-state index contributed by atoms with van der Waals surface area (Å²) >= 11 is 0. The molecule has 0 aliphatic carbocycles. The highest BCUT2D eigenvalue weighted by atomic mass is 16.5. The molecule has 0 spiro atoms. The molecule has 1 fully saturated rings. The predicted octanol–water partition coefficient (Wildman–Crippen LogP) is 1.01. The Bertz CT molecular complexity index is 1100. The fourth-order valence-corrected chi connectivity index (χ4v) is 3.48. The molecule has 1 aliphatic heterocycles. The van der Waals surface area contributed by atoms with Gasteiger partial charge in [-0.3, -0.25) is 14.2 Å². The van der Waals surface area contributed by atoms with E-state index in [1.807, 2.05) is 0 Å². The van der Waals surface area contributed by atoms with Crippen molar-refractivity contribution in [1.29, 1.82) is 0 Å². The molecule has 29 heavy (non-hydrogen) atoms. The number of carbonyl (C=O) groups is 1. The van der Waals surface area contributed by atoms with E-state index < -0.39 is 5.56 Å². The van der Waals surface area contributed by atoms with Crippen LogP contribution in [0.4, 0.5) is 0 Å². The SMILES string of the molecule is COc1ccc(-n2nnc3c(=O)n(CC(=O)N4CCCCC4)cnc32)cc1OC. The fourth-order valence-electron chi connectivity index (χ4n) is 3.48. The number of carbonyl (C=O) groups excluding carboxylic acids is 1. The number of likely N-dealkylation sites (tertiary alicyclic amines) is 1. The van der Waals surface area contributed by atoms with Crippen LogP contribution in [0.25, 0.3) is 16.9 Å². The van der Waals surface area contributed by atoms with E-state index in [9.17, 15) is 9.59 Å². The Balaban J connectivity index is 1.66. The summed E-state index contributed by atoms with van der Waals surface area (Å²) in [6.07, 6.45) is 4.50. The van der Waals surface area contributed by atoms with Crippen molar-refractivity contribution in [2.24, 2.45) is 0 Å². The molecule has 4 rings (SSSR count). The standard InChI is InChI=1S/C19H22N6O4/c1-28-14-7-6-13(10-15(14)29-2)25-18-17(21-22-25)19(27)24(12-20-18)11-16(26)23-8-4-3-5-9-23/h6-7,10,12H,3-5,8-9,11H2,1-2H3. The fraction of sp³-hybridized carbons (Fsp3) is 0.421. The highest BCUT2D eigenvalue weighted by Crippen LogP contribution is 2.29. The topological polar surface area (TPSA) is 104 Å². The van der Waals surface area contributed by atoms with Crippen LogP contribution in [-0.4, -0.2) is 62.7 Å². The van der Waals surface area contributed by atoms with E-state index in [0.29, 0.717) is 22.8 Å². The first kappa shape index (κ1) is 18.9. The largest absolute Gasteiger partial charge is 0.493 e. The normalized spacial score (nSPS) is 14.2. The number of methoxy groups -OCH3 is 2. The summed E-state index contributed by atoms with van der Waals surface area (Å²) < 4.78 is 13.3. The van der Waals surface area contributed by atoms with Gasteiger partial charge in [-0.1, -0.05) is 5.21 Å². The second-order valence-electron chi connectivity index (χ2n) is 6.83. The van der Waals surface area contributed by atoms with Gasteiger partial charge in [0.05, 0.1) is 19.9 Å². The minimum Gasteiger partial charge on any atom is -0.493 e. The van der Waals surface area contributed by atoms with Crippen LogP contribution in [0.3, 0.4) is 0 Å². The molecule has 1 aromatic carbocycles. The molecule has 0 radical (unpaired) electrons. The minimum absolute atomic E-state index is 0.0506. The Labute approximate surface area is 166 Å². The zero-order valence-electron chi connectivity index (χ0n) is 16.4. The highest BCUT2D eigenvalue weighted by Gasteiger charge is 2.20. The highest BCUT2D eigenvalue weighted by molar-refractivity contribution is 5.77. The Morgan fingerprint density at radius 2 is 1.86 bits per heavy atom. The van der Waals surface area contributed by atoms with Crippen LogP contribution in [0.1, 0.15) is 19.3 Å². The van der Waals surface area contributed by atoms with Crippen molar-refractivity contribution in [1.82, 2.24) is 29.4 Å². The maximum absolute atomic E-state index is 12.8. The number of aromatic nitrogens is 5. The molecule has 152 valence electrons. The van der Waals surface area contributed by atoms with Gasteiger partial charge in [-0.25, -0.2) is 4.98 Å². The second kappa shape index (κ2) is 7.90. The van der Waals surface area contributed by atoms with Crippen LogP contribution in [0.15, 0.2) is 29.3 Å². The Morgan fingerprint density at radius 1 is 1.10 bits per heavy atom. The van der Waals surface area contributed by atoms with Crippen molar-refractivity contribution in [3.05, 3.63) is 34.9 Å². The Morgan fingerprint density at radius 3 is 2.59 bits per heavy atom. The van der Waals surface area contributed by atoms with E-state index in [2.05, 4.69) is 15.3 Å². The molecular weight excluding hydrogens is 376 g/mol. The molecule has 10 nitrogen and oxygen atoms in total. The molecule has 3 aromatic rings. The van der Waals surface area contributed by atoms with Crippen LogP contribution in [0, 0.1) is 0 Å². The van der Waals surface area contributed by atoms with Crippen LogP contribution in [0.2, 0.25) is 0 Å². The van der Waals surface area contributed by atoms with Gasteiger partial charge >= 0.3 is 0 Å². The van der Waals surface area contributed by atoms with E-state index in [0.717, 1.165) is 32.4 Å². The molecule has 0 bridgehead atoms. The van der Waals surface area contributed by atoms with Crippen molar-refractivity contribution < 1.29 is 14.3 Å². The molecule has 1 saturated heterocycles. The minimum atomic E-state index is -0.396. The summed E-state index contributed by atoms with van der Waals surface area (Å²) in [4.78, 5) is 31.4. The number of fused-ring (bicyclic) bond motifs is 1. The van der Waals surface area contributed by atoms with Crippen molar-refractivity contribution in [2.45, 2.75) is 25.8 Å². The number of benzene rings is 1. The molecule has 1 aliphatic rings. The van der Waals surface area contributed by atoms with Crippen molar-refractivity contribution in [3.63, 3.8) is 0 Å². The third-order valence-electron chi connectivity index (χ3n) is 5.06. The molecular formula is C19H22N6O4. The second-order valence-corrected chi connectivity index (χ2v) is 6.83. The smallest absolute Gasteiger partial charge is 0.284 e. The van der Waals surface area contributed by atoms with Crippen molar-refractivity contribution in [2.75, 3.05) is 27.3 Å². The third kappa shape index (κ3) is 3.53. The van der Waals surface area contributed by atoms with E-state index in [4.69, 9.17) is 9.47 Å². The summed E-state index contributed by atoms with van der Waals surface area (Å²) in [7, 11) is 3.09. The number of rotatable bonds is 5. The molecule has 0 atom stereocenters. The van der Waals surface area contributed by atoms with Crippen molar-refractivity contribution in [3.8, 4) is 17.2 Å². The molecule has 0 saturated carbocycles. The van der Waals surface area contributed by atoms with Crippen LogP contribution >= 0.6 is 0 Å². The number of ether oxygens (including phenoxy) is 2. The van der Waals surface area contributed by atoms with Crippen LogP contribution in [-0.2, 0) is 11.3 Å². The lowest BCUT2D eigenvalue weighted by Gasteiger charge is -2.26. The van der Waals surface area contributed by atoms with Gasteiger partial charge in [0.1, 0.15) is 12.9 Å². The summed E-state index contributed by atoms with van der Waals surface area (Å²) in [5.74, 6) is 1.02. The Hall–Kier alpha value is -3.43. The van der Waals surface area contributed by atoms with Crippen LogP contribution < -0.4 is 15.0 Å². The number of amides is 1. The van der Waals surface area contributed by atoms with Gasteiger partial charge in [-0.2, -0.15) is 4.68 Å². The maximum Gasteiger partial charge on any atom is 0.284 e. The summed E-state index contributed by atoms with van der Waals surface area (Å²) in [5, 5.41) is 8.06. The maximum atomic E-state index is 12.8. The van der Waals surface area contributed by atoms with E-state index in [-0.39, 0.29) is 18.0 Å². The number of hydrogen-bond acceptors (Lipinski definition) is 7. The summed E-state index contributed by atoms with van der Waals surface area (Å²) in [6.45, 7) is 1.42. The average Bonchev–Trinajstić information content (AvgIpc) is 3.20. The zero-order valence-corrected chi connectivity index (χ0v) is 16.4. The lowest BCUT2D eigenvalue weighted by Crippen LogP contribution is -2.39. The van der Waals surface area contributed by atoms with Gasteiger partial charge in [0.2, 0.25) is 5.91 Å².